The number of nitrogens with one attached hydrogen (secondary N) is 2. The monoisotopic (exact) mass is 1000 g/mol. The van der Waals surface area contributed by atoms with Gasteiger partial charge in [0.25, 0.3) is 0 Å². The lowest BCUT2D eigenvalue weighted by Gasteiger charge is -2.38. The largest absolute Gasteiger partial charge is 0.475 e. The maximum absolute atomic E-state index is 13.8. The zero-order valence-corrected chi connectivity index (χ0v) is 47.2. The van der Waals surface area contributed by atoms with Crippen molar-refractivity contribution in [2.24, 2.45) is 41.4 Å². The van der Waals surface area contributed by atoms with Crippen LogP contribution in [0.4, 0.5) is 0 Å². The van der Waals surface area contributed by atoms with Crippen molar-refractivity contribution >= 4 is 22.8 Å². The third-order valence-electron chi connectivity index (χ3n) is 16.3. The second kappa shape index (κ2) is 29.6. The number of furan rings is 1. The van der Waals surface area contributed by atoms with Crippen LogP contribution in [0.25, 0.3) is 11.0 Å². The van der Waals surface area contributed by atoms with Crippen LogP contribution in [0.3, 0.4) is 0 Å². The number of rotatable bonds is 32. The number of hydrogen-bond donors (Lipinski definition) is 3. The number of unbranched alkanes of at least 4 members (excludes halogenated alkanes) is 2. The number of fused-ring (bicyclic) bond motifs is 1. The van der Waals surface area contributed by atoms with Crippen LogP contribution in [0.2, 0.25) is 0 Å². The number of ether oxygens (including phenoxy) is 3. The zero-order chi connectivity index (χ0) is 53.2. The van der Waals surface area contributed by atoms with E-state index in [1.54, 1.807) is 31.0 Å². The molecule has 0 radical (unpaired) electrons. The Morgan fingerprint density at radius 1 is 0.944 bits per heavy atom. The van der Waals surface area contributed by atoms with Gasteiger partial charge >= 0.3 is 0 Å². The van der Waals surface area contributed by atoms with Crippen molar-refractivity contribution in [2.75, 3.05) is 47.5 Å². The average Bonchev–Trinajstić information content (AvgIpc) is 3.92. The van der Waals surface area contributed by atoms with Crippen LogP contribution in [-0.2, 0) is 43.4 Å². The van der Waals surface area contributed by atoms with Crippen LogP contribution in [0, 0.1) is 41.4 Å². The summed E-state index contributed by atoms with van der Waals surface area (Å²) in [6, 6.07) is 6.19. The van der Waals surface area contributed by atoms with Crippen LogP contribution in [0.15, 0.2) is 71.8 Å². The van der Waals surface area contributed by atoms with E-state index in [-0.39, 0.29) is 66.9 Å². The number of methoxy groups -OCH3 is 1. The second-order valence-electron chi connectivity index (χ2n) is 21.9. The minimum atomic E-state index is -0.627. The lowest BCUT2D eigenvalue weighted by atomic mass is 9.72. The third kappa shape index (κ3) is 16.4. The summed E-state index contributed by atoms with van der Waals surface area (Å²) in [7, 11) is 5.29. The first kappa shape index (κ1) is 60.3. The van der Waals surface area contributed by atoms with Gasteiger partial charge in [-0.05, 0) is 125 Å². The highest BCUT2D eigenvalue weighted by molar-refractivity contribution is 5.88. The van der Waals surface area contributed by atoms with Crippen LogP contribution in [0.1, 0.15) is 150 Å². The van der Waals surface area contributed by atoms with Gasteiger partial charge < -0.3 is 49.1 Å². The first-order valence-electron chi connectivity index (χ1n) is 27.7. The summed E-state index contributed by atoms with van der Waals surface area (Å²) in [6.45, 7) is 37.3. The van der Waals surface area contributed by atoms with Gasteiger partial charge in [-0.3, -0.25) is 9.59 Å². The number of nitrogens with zero attached hydrogens (tertiary/aromatic N) is 3. The first-order valence-corrected chi connectivity index (χ1v) is 27.7. The lowest BCUT2D eigenvalue weighted by Crippen LogP contribution is -2.54. The molecule has 2 amide bonds. The average molecular weight is 1000 g/mol. The van der Waals surface area contributed by atoms with Crippen molar-refractivity contribution in [1.29, 1.82) is 0 Å². The Bertz CT molecular complexity index is 2050. The first-order chi connectivity index (χ1) is 34.3. The number of hydrogen-bond acceptors (Lipinski definition) is 10. The summed E-state index contributed by atoms with van der Waals surface area (Å²) in [6.07, 6.45) is 15.0. The number of aliphatic hydroxyl groups is 1. The summed E-state index contributed by atoms with van der Waals surface area (Å²) >= 11 is 0. The smallest absolute Gasteiger partial charge is 0.243 e. The van der Waals surface area contributed by atoms with E-state index in [9.17, 15) is 14.7 Å². The molecule has 0 spiro atoms. The van der Waals surface area contributed by atoms with E-state index in [4.69, 9.17) is 18.6 Å². The molecule has 1 aliphatic heterocycles. The fraction of sp³-hybridized carbons (Fsp3) is 0.700. The van der Waals surface area contributed by atoms with Crippen LogP contribution >= 0.6 is 0 Å². The molecule has 0 bridgehead atoms. The standard InChI is InChI=1S/C60H99N5O7/c1-17-24-48(19-3)52-33-44(11)65(45(52)12)28-30-70-29-23-21-22-25-43(10)61-36-51-35-53-49(34-47-31-41(8)58(67)42(9)32-47)26-27-50(59(53)72-51)38-71-46(13)63(14)56(39(5)6)60(68)62-37-55(66)64(15)57(40(7)18-2)54(20-4)69-16/h17,24,26-27,35,39-42,44,47-48,52,54,56-58,61,67H,10,12-13,18-23,25,28-34,36-38H2,1-9,11,14-16H3,(H,62,68). The molecule has 4 rings (SSSR count). The Morgan fingerprint density at radius 2 is 1.64 bits per heavy atom. The minimum absolute atomic E-state index is 0.101. The Balaban J connectivity index is 1.34. The third-order valence-corrected chi connectivity index (χ3v) is 16.3. The van der Waals surface area contributed by atoms with Crippen molar-refractivity contribution in [1.82, 2.24) is 25.3 Å². The highest BCUT2D eigenvalue weighted by Crippen LogP contribution is 2.40. The number of amides is 2. The molecular weight excluding hydrogens is 903 g/mol. The molecule has 1 aliphatic carbocycles. The van der Waals surface area contributed by atoms with Crippen molar-refractivity contribution < 1.29 is 33.3 Å². The van der Waals surface area contributed by atoms with Gasteiger partial charge in [-0.1, -0.05) is 106 Å². The normalized spacial score (nSPS) is 22.5. The topological polar surface area (TPSA) is 129 Å². The van der Waals surface area contributed by atoms with E-state index in [0.29, 0.717) is 36.2 Å². The molecule has 1 aromatic carbocycles. The summed E-state index contributed by atoms with van der Waals surface area (Å²) in [5.74, 6) is 2.89. The number of aliphatic hydroxyl groups excluding tert-OH is 1. The summed E-state index contributed by atoms with van der Waals surface area (Å²) < 4.78 is 24.9. The van der Waals surface area contributed by atoms with E-state index in [1.807, 2.05) is 13.8 Å². The zero-order valence-electron chi connectivity index (χ0n) is 47.2. The van der Waals surface area contributed by atoms with Crippen molar-refractivity contribution in [3.63, 3.8) is 0 Å². The fourth-order valence-electron chi connectivity index (χ4n) is 11.8. The molecule has 3 N–H and O–H groups in total. The molecule has 9 atom stereocenters. The number of likely N-dealkylation sites (tertiary alicyclic amines) is 1. The predicted molar refractivity (Wildman–Crippen MR) is 295 cm³/mol. The minimum Gasteiger partial charge on any atom is -0.475 e. The van der Waals surface area contributed by atoms with E-state index in [0.717, 1.165) is 118 Å². The molecule has 12 heteroatoms. The van der Waals surface area contributed by atoms with Gasteiger partial charge in [0, 0.05) is 68.7 Å². The van der Waals surface area contributed by atoms with Gasteiger partial charge in [-0.2, -0.15) is 0 Å². The summed E-state index contributed by atoms with van der Waals surface area (Å²) in [5.41, 5.74) is 5.13. The van der Waals surface area contributed by atoms with Crippen LogP contribution < -0.4 is 10.6 Å². The van der Waals surface area contributed by atoms with Crippen molar-refractivity contribution in [3.8, 4) is 0 Å². The molecule has 2 heterocycles. The van der Waals surface area contributed by atoms with E-state index < -0.39 is 6.04 Å². The molecule has 2 aromatic rings. The van der Waals surface area contributed by atoms with E-state index >= 15 is 0 Å². The molecule has 1 aromatic heterocycles. The van der Waals surface area contributed by atoms with Crippen LogP contribution in [0.5, 0.6) is 0 Å². The molecule has 2 fully saturated rings. The fourth-order valence-corrected chi connectivity index (χ4v) is 11.8. The summed E-state index contributed by atoms with van der Waals surface area (Å²) in [4.78, 5) is 33.3. The molecule has 72 heavy (non-hydrogen) atoms. The van der Waals surface area contributed by atoms with Gasteiger partial charge in [0.15, 0.2) is 5.88 Å². The second-order valence-corrected chi connectivity index (χ2v) is 21.9. The quantitative estimate of drug-likeness (QED) is 0.0370. The number of benzene rings is 1. The highest BCUT2D eigenvalue weighted by atomic mass is 16.5. The number of carbonyl (C=O) groups is 2. The molecule has 2 aliphatic rings. The van der Waals surface area contributed by atoms with E-state index in [2.05, 4.69) is 121 Å². The number of allylic oxidation sites excluding steroid dienone is 4. The molecule has 406 valence electrons. The lowest BCUT2D eigenvalue weighted by molar-refractivity contribution is -0.138. The number of carbonyl (C=O) groups excluding carboxylic acids is 2. The Hall–Kier alpha value is -4.26. The maximum atomic E-state index is 13.8. The van der Waals surface area contributed by atoms with E-state index in [1.165, 1.54) is 11.3 Å². The molecular formula is C60H99N5O7. The molecule has 12 nitrogen and oxygen atoms in total. The highest BCUT2D eigenvalue weighted by Gasteiger charge is 2.36. The molecule has 1 saturated carbocycles. The molecule has 9 unspecified atom stereocenters. The SMILES string of the molecule is C=C(CCCCCOCCN1C(=C)C(C(C=CC)CC)CC1C)NCc1cc2c(CC3CC(C)C(O)C(C)C3)ccc(COC(=C)N(C)C(C(=O)NCC(=O)N(C)C(C(C)CC)C(CC)OC)C(C)C)c2o1. The maximum Gasteiger partial charge on any atom is 0.243 e. The Labute approximate surface area is 436 Å². The summed E-state index contributed by atoms with van der Waals surface area (Å²) in [5, 5.41) is 18.2. The van der Waals surface area contributed by atoms with Gasteiger partial charge in [0.1, 0.15) is 24.0 Å². The Morgan fingerprint density at radius 3 is 2.26 bits per heavy atom. The van der Waals surface area contributed by atoms with Gasteiger partial charge in [-0.15, -0.1) is 0 Å². The van der Waals surface area contributed by atoms with Crippen molar-refractivity contribution in [2.45, 2.75) is 183 Å². The van der Waals surface area contributed by atoms with Gasteiger partial charge in [0.2, 0.25) is 11.8 Å². The van der Waals surface area contributed by atoms with Gasteiger partial charge in [-0.25, -0.2) is 0 Å². The van der Waals surface area contributed by atoms with Crippen molar-refractivity contribution in [3.05, 3.63) is 84.3 Å². The Kier molecular flexibility index (Phi) is 24.8. The number of likely N-dealkylation sites (N-methyl/N-ethyl adjacent to an activating group) is 2. The molecule has 1 saturated heterocycles. The van der Waals surface area contributed by atoms with Gasteiger partial charge in [0.05, 0.1) is 37.9 Å². The predicted octanol–water partition coefficient (Wildman–Crippen LogP) is 11.4. The van der Waals surface area contributed by atoms with Crippen LogP contribution in [-0.4, -0.2) is 109 Å².